The summed E-state index contributed by atoms with van der Waals surface area (Å²) in [6.07, 6.45) is 0. The second-order valence-electron chi connectivity index (χ2n) is 2.09. The largest absolute Gasteiger partial charge is 0.207 e. The lowest BCUT2D eigenvalue weighted by Crippen LogP contribution is -1.81. The third kappa shape index (κ3) is 1.28. The lowest BCUT2D eigenvalue weighted by Gasteiger charge is -1.94. The molecule has 0 aromatic heterocycles. The van der Waals surface area contributed by atoms with E-state index in [0.717, 1.165) is 5.56 Å². The quantitative estimate of drug-likeness (QED) is 0.496. The molecule has 1 aromatic carbocycles. The molecule has 0 saturated carbocycles. The van der Waals surface area contributed by atoms with Crippen LogP contribution in [0.3, 0.4) is 0 Å². The first-order valence-corrected chi connectivity index (χ1v) is 2.78. The number of hydrogen-bond donors (Lipinski definition) is 0. The van der Waals surface area contributed by atoms with E-state index in [1.54, 1.807) is 12.1 Å². The van der Waals surface area contributed by atoms with Crippen molar-refractivity contribution in [3.05, 3.63) is 42.1 Å². The van der Waals surface area contributed by atoms with Gasteiger partial charge in [0.2, 0.25) is 0 Å². The van der Waals surface area contributed by atoms with E-state index in [0.29, 0.717) is 5.56 Å². The van der Waals surface area contributed by atoms with Gasteiger partial charge in [0, 0.05) is 0 Å². The Balaban J connectivity index is 3.17. The van der Waals surface area contributed by atoms with Gasteiger partial charge in [-0.3, -0.25) is 0 Å². The molecule has 0 spiro atoms. The molecule has 1 radical (unpaired) electrons. The molecule has 0 bridgehead atoms. The van der Waals surface area contributed by atoms with Crippen molar-refractivity contribution in [3.63, 3.8) is 0 Å². The first-order chi connectivity index (χ1) is 4.20. The third-order valence-corrected chi connectivity index (χ3v) is 1.20. The van der Waals surface area contributed by atoms with Gasteiger partial charge >= 0.3 is 0 Å². The van der Waals surface area contributed by atoms with Crippen LogP contribution in [-0.4, -0.2) is 0 Å². The van der Waals surface area contributed by atoms with Gasteiger partial charge in [-0.1, -0.05) is 17.7 Å². The molecule has 9 heavy (non-hydrogen) atoms. The van der Waals surface area contributed by atoms with E-state index < -0.39 is 0 Å². The summed E-state index contributed by atoms with van der Waals surface area (Å²) in [7, 11) is 0. The van der Waals surface area contributed by atoms with Crippen LogP contribution in [0, 0.1) is 19.7 Å². The minimum Gasteiger partial charge on any atom is -0.207 e. The van der Waals surface area contributed by atoms with E-state index in [9.17, 15) is 4.39 Å². The van der Waals surface area contributed by atoms with Gasteiger partial charge in [-0.2, -0.15) is 0 Å². The van der Waals surface area contributed by atoms with Crippen LogP contribution >= 0.6 is 0 Å². The molecule has 1 aromatic rings. The maximum atomic E-state index is 12.4. The summed E-state index contributed by atoms with van der Waals surface area (Å²) in [5, 5.41) is 0. The van der Waals surface area contributed by atoms with E-state index in [1.807, 2.05) is 6.92 Å². The second-order valence-corrected chi connectivity index (χ2v) is 2.09. The monoisotopic (exact) mass is 123 g/mol. The highest BCUT2D eigenvalue weighted by Gasteiger charge is 1.93. The average molecular weight is 123 g/mol. The molecule has 0 saturated heterocycles. The number of benzene rings is 1. The Morgan fingerprint density at radius 1 is 1.44 bits per heavy atom. The molecule has 1 rings (SSSR count). The van der Waals surface area contributed by atoms with Gasteiger partial charge in [0.15, 0.2) is 0 Å². The van der Waals surface area contributed by atoms with Gasteiger partial charge in [-0.15, -0.1) is 0 Å². The van der Waals surface area contributed by atoms with Gasteiger partial charge in [-0.05, 0) is 25.5 Å². The Bertz CT molecular complexity index is 216. The Morgan fingerprint density at radius 3 is 2.56 bits per heavy atom. The molecule has 0 heterocycles. The van der Waals surface area contributed by atoms with Crippen LogP contribution in [0.15, 0.2) is 18.2 Å². The molecule has 0 nitrogen and oxygen atoms in total. The summed E-state index contributed by atoms with van der Waals surface area (Å²) in [5.74, 6) is -0.236. The van der Waals surface area contributed by atoms with Crippen molar-refractivity contribution in [1.82, 2.24) is 0 Å². The first-order valence-electron chi connectivity index (χ1n) is 2.78. The van der Waals surface area contributed by atoms with Crippen molar-refractivity contribution in [2.24, 2.45) is 0 Å². The maximum Gasteiger partial charge on any atom is 0.126 e. The zero-order valence-corrected chi connectivity index (χ0v) is 5.32. The molecule has 0 atom stereocenters. The zero-order valence-electron chi connectivity index (χ0n) is 5.32. The van der Waals surface area contributed by atoms with Gasteiger partial charge in [0.05, 0.1) is 0 Å². The van der Waals surface area contributed by atoms with Gasteiger partial charge in [0.25, 0.3) is 0 Å². The number of aryl methyl sites for hydroxylation is 1. The number of rotatable bonds is 0. The Kier molecular flexibility index (Phi) is 1.52. The summed E-state index contributed by atoms with van der Waals surface area (Å²) >= 11 is 0. The van der Waals surface area contributed by atoms with Crippen LogP contribution in [-0.2, 0) is 0 Å². The molecule has 0 aliphatic rings. The van der Waals surface area contributed by atoms with E-state index in [4.69, 9.17) is 0 Å². The van der Waals surface area contributed by atoms with Crippen molar-refractivity contribution in [2.75, 3.05) is 0 Å². The van der Waals surface area contributed by atoms with Gasteiger partial charge in [0.1, 0.15) is 5.82 Å². The summed E-state index contributed by atoms with van der Waals surface area (Å²) < 4.78 is 12.4. The van der Waals surface area contributed by atoms with Crippen molar-refractivity contribution < 1.29 is 4.39 Å². The van der Waals surface area contributed by atoms with Crippen LogP contribution in [0.4, 0.5) is 4.39 Å². The molecule has 0 N–H and O–H groups in total. The van der Waals surface area contributed by atoms with Crippen LogP contribution in [0.25, 0.3) is 0 Å². The summed E-state index contributed by atoms with van der Waals surface area (Å²) in [6, 6.07) is 4.87. The molecule has 0 aliphatic heterocycles. The first kappa shape index (κ1) is 6.27. The van der Waals surface area contributed by atoms with Crippen molar-refractivity contribution in [1.29, 1.82) is 0 Å². The highest BCUT2D eigenvalue weighted by molar-refractivity contribution is 5.25. The van der Waals surface area contributed by atoms with Crippen molar-refractivity contribution in [2.45, 2.75) is 6.92 Å². The average Bonchev–Trinajstić information content (AvgIpc) is 1.80. The fraction of sp³-hybridized carbons (Fsp3) is 0.125. The van der Waals surface area contributed by atoms with Crippen LogP contribution in [0.1, 0.15) is 11.1 Å². The molecule has 0 aliphatic carbocycles. The fourth-order valence-corrected chi connectivity index (χ4v) is 0.704. The lowest BCUT2D eigenvalue weighted by atomic mass is 10.1. The van der Waals surface area contributed by atoms with E-state index in [2.05, 4.69) is 6.92 Å². The van der Waals surface area contributed by atoms with Crippen molar-refractivity contribution >= 4 is 0 Å². The highest BCUT2D eigenvalue weighted by atomic mass is 19.1. The van der Waals surface area contributed by atoms with Crippen LogP contribution < -0.4 is 0 Å². The summed E-state index contributed by atoms with van der Waals surface area (Å²) in [4.78, 5) is 0. The Morgan fingerprint density at radius 2 is 2.11 bits per heavy atom. The molecule has 47 valence electrons. The molecule has 1 heteroatoms. The fourth-order valence-electron chi connectivity index (χ4n) is 0.704. The second kappa shape index (κ2) is 2.18. The van der Waals surface area contributed by atoms with Crippen molar-refractivity contribution in [3.8, 4) is 0 Å². The van der Waals surface area contributed by atoms with Crippen LogP contribution in [0.2, 0.25) is 0 Å². The van der Waals surface area contributed by atoms with E-state index >= 15 is 0 Å². The standard InChI is InChI=1S/C8H8F/c1-6-3-4-8(9)7(2)5-6/h3-5H,2H2,1H3. The Hall–Kier alpha value is -0.850. The predicted molar refractivity (Wildman–Crippen MR) is 35.6 cm³/mol. The zero-order chi connectivity index (χ0) is 6.85. The molecule has 0 unspecified atom stereocenters. The molecular weight excluding hydrogens is 115 g/mol. The highest BCUT2D eigenvalue weighted by Crippen LogP contribution is 2.06. The SMILES string of the molecule is [CH2]c1cc(C)ccc1F. The maximum absolute atomic E-state index is 12.4. The Labute approximate surface area is 54.3 Å². The third-order valence-electron chi connectivity index (χ3n) is 1.20. The smallest absolute Gasteiger partial charge is 0.126 e. The molecule has 0 amide bonds. The number of hydrogen-bond acceptors (Lipinski definition) is 0. The minimum absolute atomic E-state index is 0.236. The number of halogens is 1. The van der Waals surface area contributed by atoms with Gasteiger partial charge < -0.3 is 0 Å². The van der Waals surface area contributed by atoms with Gasteiger partial charge in [-0.25, -0.2) is 4.39 Å². The molecule has 0 fully saturated rings. The summed E-state index contributed by atoms with van der Waals surface area (Å²) in [6.45, 7) is 5.42. The topological polar surface area (TPSA) is 0 Å². The lowest BCUT2D eigenvalue weighted by molar-refractivity contribution is 0.622. The predicted octanol–water partition coefficient (Wildman–Crippen LogP) is 2.32. The normalized spacial score (nSPS) is 9.67. The van der Waals surface area contributed by atoms with E-state index in [1.165, 1.54) is 6.07 Å². The van der Waals surface area contributed by atoms with Crippen LogP contribution in [0.5, 0.6) is 0 Å². The van der Waals surface area contributed by atoms with E-state index in [-0.39, 0.29) is 5.82 Å². The summed E-state index contributed by atoms with van der Waals surface area (Å²) in [5.41, 5.74) is 1.51. The molecular formula is C8H8F. The minimum atomic E-state index is -0.236.